The molecule has 1 N–H and O–H groups in total. The van der Waals surface area contributed by atoms with E-state index in [0.717, 1.165) is 23.4 Å². The number of nitrogens with zero attached hydrogens (tertiary/aromatic N) is 2. The lowest BCUT2D eigenvalue weighted by molar-refractivity contribution is -0.00688. The summed E-state index contributed by atoms with van der Waals surface area (Å²) in [4.78, 5) is 8.68. The molecule has 0 aromatic carbocycles. The summed E-state index contributed by atoms with van der Waals surface area (Å²) in [7, 11) is -3.75. The van der Waals surface area contributed by atoms with Crippen LogP contribution < -0.4 is 4.72 Å². The number of anilines is 1. The first-order valence-corrected chi connectivity index (χ1v) is 12.7. The Kier molecular flexibility index (Phi) is 4.35. The average molecular weight is 489 g/mol. The van der Waals surface area contributed by atoms with Crippen LogP contribution in [0, 0.1) is 17.8 Å². The number of aromatic nitrogens is 2. The van der Waals surface area contributed by atoms with Gasteiger partial charge in [-0.2, -0.15) is 0 Å². The summed E-state index contributed by atoms with van der Waals surface area (Å²) in [6.45, 7) is 0. The predicted octanol–water partition coefficient (Wildman–Crippen LogP) is 5.22. The minimum Gasteiger partial charge on any atom is -0.255 e. The van der Waals surface area contributed by atoms with E-state index in [1.54, 1.807) is 0 Å². The fraction of sp³-hybridized carbons (Fsp3) is 0.556. The summed E-state index contributed by atoms with van der Waals surface area (Å²) >= 11 is 10.4. The molecule has 6 rings (SSSR count). The Balaban J connectivity index is 1.40. The summed E-state index contributed by atoms with van der Waals surface area (Å²) < 4.78 is 28.4. The van der Waals surface area contributed by atoms with Crippen molar-refractivity contribution in [3.8, 4) is 0 Å². The zero-order valence-corrected chi connectivity index (χ0v) is 18.5. The number of hydrogen-bond donors (Lipinski definition) is 1. The van der Waals surface area contributed by atoms with Gasteiger partial charge in [-0.15, -0.1) is 11.3 Å². The fourth-order valence-corrected chi connectivity index (χ4v) is 8.37. The maximum absolute atomic E-state index is 12.7. The molecule has 4 aliphatic rings. The molecule has 0 amide bonds. The van der Waals surface area contributed by atoms with E-state index >= 15 is 0 Å². The largest absolute Gasteiger partial charge is 0.265 e. The zero-order valence-electron chi connectivity index (χ0n) is 14.5. The van der Waals surface area contributed by atoms with Crippen LogP contribution in [0.15, 0.2) is 27.0 Å². The highest BCUT2D eigenvalue weighted by molar-refractivity contribution is 9.10. The number of sulfonamides is 1. The molecule has 4 fully saturated rings. The van der Waals surface area contributed by atoms with E-state index in [1.165, 1.54) is 62.1 Å². The summed E-state index contributed by atoms with van der Waals surface area (Å²) in [6, 6.07) is 1.45. The Morgan fingerprint density at radius 2 is 1.81 bits per heavy atom. The Hall–Kier alpha value is -0.700. The normalized spacial score (nSPS) is 32.0. The van der Waals surface area contributed by atoms with Gasteiger partial charge >= 0.3 is 0 Å². The van der Waals surface area contributed by atoms with Crippen LogP contribution in [0.2, 0.25) is 5.15 Å². The number of halogens is 2. The summed E-state index contributed by atoms with van der Waals surface area (Å²) in [5.41, 5.74) is 1.25. The van der Waals surface area contributed by atoms with Crippen LogP contribution in [0.25, 0.3) is 0 Å². The van der Waals surface area contributed by atoms with E-state index < -0.39 is 10.0 Å². The first-order chi connectivity index (χ1) is 12.8. The van der Waals surface area contributed by atoms with Crippen LogP contribution in [0.1, 0.15) is 44.2 Å². The van der Waals surface area contributed by atoms with Gasteiger partial charge in [0.25, 0.3) is 10.0 Å². The van der Waals surface area contributed by atoms with Gasteiger partial charge in [0, 0.05) is 17.0 Å². The lowest BCUT2D eigenvalue weighted by atomic mass is 9.49. The number of thiazole rings is 1. The SMILES string of the molecule is O=S(=O)(Nc1nc(C23CC4CC(CC(C4)C2)C3)cs1)c1cnc(Cl)c(Br)c1. The van der Waals surface area contributed by atoms with Crippen LogP contribution in [-0.2, 0) is 15.4 Å². The molecule has 0 aliphatic heterocycles. The second-order valence-corrected chi connectivity index (χ2v) is 12.0. The maximum atomic E-state index is 12.7. The molecule has 144 valence electrons. The monoisotopic (exact) mass is 487 g/mol. The Labute approximate surface area is 176 Å². The molecule has 0 spiro atoms. The second kappa shape index (κ2) is 6.40. The van der Waals surface area contributed by atoms with Crippen LogP contribution in [0.5, 0.6) is 0 Å². The molecule has 4 saturated carbocycles. The number of pyridine rings is 1. The number of nitrogens with one attached hydrogen (secondary N) is 1. The molecular formula is C18H19BrClN3O2S2. The maximum Gasteiger partial charge on any atom is 0.265 e. The van der Waals surface area contributed by atoms with Crippen LogP contribution >= 0.6 is 38.9 Å². The molecule has 0 saturated heterocycles. The van der Waals surface area contributed by atoms with Crippen molar-refractivity contribution in [2.24, 2.45) is 17.8 Å². The summed E-state index contributed by atoms with van der Waals surface area (Å²) in [5.74, 6) is 2.49. The van der Waals surface area contributed by atoms with Gasteiger partial charge in [-0.3, -0.25) is 4.72 Å². The Morgan fingerprint density at radius 3 is 2.41 bits per heavy atom. The fourth-order valence-electron chi connectivity index (χ4n) is 5.71. The zero-order chi connectivity index (χ0) is 18.8. The van der Waals surface area contributed by atoms with E-state index in [4.69, 9.17) is 16.6 Å². The minimum absolute atomic E-state index is 0.0605. The third-order valence-electron chi connectivity index (χ3n) is 6.39. The van der Waals surface area contributed by atoms with E-state index in [2.05, 4.69) is 31.0 Å². The lowest BCUT2D eigenvalue weighted by Gasteiger charge is -2.56. The van der Waals surface area contributed by atoms with Gasteiger partial charge in [0.1, 0.15) is 10.0 Å². The van der Waals surface area contributed by atoms with Gasteiger partial charge in [-0.25, -0.2) is 18.4 Å². The summed E-state index contributed by atoms with van der Waals surface area (Å²) in [5, 5.41) is 2.71. The molecule has 0 radical (unpaired) electrons. The molecule has 4 bridgehead atoms. The first-order valence-electron chi connectivity index (χ1n) is 9.13. The third-order valence-corrected chi connectivity index (χ3v) is 9.72. The molecule has 4 aliphatic carbocycles. The van der Waals surface area contributed by atoms with Gasteiger partial charge in [-0.1, -0.05) is 11.6 Å². The van der Waals surface area contributed by atoms with Crippen LogP contribution in [0.3, 0.4) is 0 Å². The van der Waals surface area contributed by atoms with Gasteiger partial charge in [0.15, 0.2) is 5.13 Å². The van der Waals surface area contributed by atoms with Crippen molar-refractivity contribution in [1.29, 1.82) is 0 Å². The standard InChI is InChI=1S/C18H19BrClN3O2S2/c19-14-4-13(8-21-16(14)20)27(24,25)23-17-22-15(9-26-17)18-5-10-1-11(6-18)3-12(2-10)7-18/h4,8-12H,1-3,5-7H2,(H,22,23). The van der Waals surface area contributed by atoms with Crippen molar-refractivity contribution in [3.63, 3.8) is 0 Å². The van der Waals surface area contributed by atoms with Crippen LogP contribution in [0.4, 0.5) is 5.13 Å². The third kappa shape index (κ3) is 3.22. The number of hydrogen-bond acceptors (Lipinski definition) is 5. The lowest BCUT2D eigenvalue weighted by Crippen LogP contribution is -2.48. The molecule has 9 heteroatoms. The van der Waals surface area contributed by atoms with Crippen molar-refractivity contribution < 1.29 is 8.42 Å². The van der Waals surface area contributed by atoms with E-state index in [9.17, 15) is 8.42 Å². The van der Waals surface area contributed by atoms with Crippen molar-refractivity contribution in [1.82, 2.24) is 9.97 Å². The van der Waals surface area contributed by atoms with Gasteiger partial charge < -0.3 is 0 Å². The topological polar surface area (TPSA) is 72.0 Å². The van der Waals surface area contributed by atoms with E-state index in [0.29, 0.717) is 9.60 Å². The quantitative estimate of drug-likeness (QED) is 0.599. The second-order valence-electron chi connectivity index (χ2n) is 8.28. The van der Waals surface area contributed by atoms with E-state index in [1.807, 2.05) is 0 Å². The minimum atomic E-state index is -3.75. The first kappa shape index (κ1) is 18.3. The highest BCUT2D eigenvalue weighted by Gasteiger charge is 2.52. The Bertz CT molecular complexity index is 973. The highest BCUT2D eigenvalue weighted by Crippen LogP contribution is 2.60. The molecule has 2 aromatic rings. The van der Waals surface area contributed by atoms with E-state index in [-0.39, 0.29) is 15.5 Å². The summed E-state index contributed by atoms with van der Waals surface area (Å²) in [6.07, 6.45) is 9.02. The van der Waals surface area contributed by atoms with Crippen molar-refractivity contribution >= 4 is 54.0 Å². The van der Waals surface area contributed by atoms with Crippen molar-refractivity contribution in [2.75, 3.05) is 4.72 Å². The molecule has 2 heterocycles. The molecule has 0 unspecified atom stereocenters. The Morgan fingerprint density at radius 1 is 1.19 bits per heavy atom. The van der Waals surface area contributed by atoms with Gasteiger partial charge in [-0.05, 0) is 78.3 Å². The van der Waals surface area contributed by atoms with Crippen LogP contribution in [-0.4, -0.2) is 18.4 Å². The van der Waals surface area contributed by atoms with Gasteiger partial charge in [0.2, 0.25) is 0 Å². The molecule has 2 aromatic heterocycles. The molecule has 5 nitrogen and oxygen atoms in total. The predicted molar refractivity (Wildman–Crippen MR) is 110 cm³/mol. The van der Waals surface area contributed by atoms with Crippen molar-refractivity contribution in [2.45, 2.75) is 48.8 Å². The van der Waals surface area contributed by atoms with Gasteiger partial charge in [0.05, 0.1) is 10.2 Å². The molecular weight excluding hydrogens is 470 g/mol. The number of rotatable bonds is 4. The molecule has 27 heavy (non-hydrogen) atoms. The highest BCUT2D eigenvalue weighted by atomic mass is 79.9. The molecule has 0 atom stereocenters. The smallest absolute Gasteiger partial charge is 0.255 e. The van der Waals surface area contributed by atoms with Crippen molar-refractivity contribution in [3.05, 3.63) is 33.0 Å². The average Bonchev–Trinajstić information content (AvgIpc) is 3.04.